The summed E-state index contributed by atoms with van der Waals surface area (Å²) in [6.07, 6.45) is -0.167. The average Bonchev–Trinajstić information content (AvgIpc) is 3.18. The summed E-state index contributed by atoms with van der Waals surface area (Å²) < 4.78 is 11.8. The molecule has 0 aliphatic rings. The zero-order valence-electron chi connectivity index (χ0n) is 20.7. The number of carbonyl (C=O) groups excluding carboxylic acids is 2. The minimum absolute atomic E-state index is 0.0260. The fourth-order valence-corrected chi connectivity index (χ4v) is 5.48. The first kappa shape index (κ1) is 26.9. The number of alkyl carbamates (subject to hydrolysis) is 2. The minimum atomic E-state index is -0.568. The molecule has 0 fully saturated rings. The SMILES string of the molecule is CC(C)C[C@H](NC(=O)OC(C)(C)C)c1c[se]c([C@@H](NC(=O)OCc2ccccc2)C(C)C)n1. The van der Waals surface area contributed by atoms with Gasteiger partial charge in [0, 0.05) is 0 Å². The maximum atomic E-state index is 12.5. The molecule has 0 saturated carbocycles. The van der Waals surface area contributed by atoms with Crippen molar-refractivity contribution in [2.45, 2.75) is 79.2 Å². The number of benzene rings is 1. The summed E-state index contributed by atoms with van der Waals surface area (Å²) >= 11 is -0.0260. The van der Waals surface area contributed by atoms with Crippen molar-refractivity contribution in [1.82, 2.24) is 15.6 Å². The third kappa shape index (κ3) is 9.60. The van der Waals surface area contributed by atoms with Crippen LogP contribution in [-0.4, -0.2) is 37.3 Å². The third-order valence-corrected chi connectivity index (χ3v) is 6.70. The first-order valence-electron chi connectivity index (χ1n) is 11.4. The Balaban J connectivity index is 2.09. The van der Waals surface area contributed by atoms with Gasteiger partial charge >= 0.3 is 203 Å². The molecule has 0 unspecified atom stereocenters. The summed E-state index contributed by atoms with van der Waals surface area (Å²) in [6, 6.07) is 9.11. The first-order valence-corrected chi connectivity index (χ1v) is 13.2. The van der Waals surface area contributed by atoms with Gasteiger partial charge in [-0.3, -0.25) is 0 Å². The van der Waals surface area contributed by atoms with E-state index in [2.05, 4.69) is 29.4 Å². The van der Waals surface area contributed by atoms with E-state index in [1.165, 1.54) is 0 Å². The Labute approximate surface area is 203 Å². The number of rotatable bonds is 9. The Hall–Kier alpha value is -2.31. The summed E-state index contributed by atoms with van der Waals surface area (Å²) in [5.74, 6) is 0.509. The molecule has 2 aromatic rings. The molecule has 0 aliphatic carbocycles. The number of ether oxygens (including phenoxy) is 2. The molecule has 2 rings (SSSR count). The molecule has 0 bridgehead atoms. The second kappa shape index (κ2) is 12.2. The molecule has 1 aromatic carbocycles. The predicted molar refractivity (Wildman–Crippen MR) is 130 cm³/mol. The van der Waals surface area contributed by atoms with Crippen molar-refractivity contribution in [1.29, 1.82) is 0 Å². The second-order valence-corrected chi connectivity index (χ2v) is 11.7. The summed E-state index contributed by atoms with van der Waals surface area (Å²) in [5.41, 5.74) is 1.20. The molecule has 7 nitrogen and oxygen atoms in total. The Morgan fingerprint density at radius 1 is 1.03 bits per heavy atom. The maximum absolute atomic E-state index is 12.5. The van der Waals surface area contributed by atoms with Crippen molar-refractivity contribution < 1.29 is 19.1 Å². The van der Waals surface area contributed by atoms with Crippen molar-refractivity contribution in [3.8, 4) is 0 Å². The van der Waals surface area contributed by atoms with Crippen LogP contribution in [0.25, 0.3) is 0 Å². The molecule has 0 aliphatic heterocycles. The van der Waals surface area contributed by atoms with Crippen molar-refractivity contribution in [3.63, 3.8) is 0 Å². The van der Waals surface area contributed by atoms with Crippen LogP contribution < -0.4 is 10.6 Å². The Morgan fingerprint density at radius 3 is 2.27 bits per heavy atom. The normalized spacial score (nSPS) is 13.5. The van der Waals surface area contributed by atoms with Gasteiger partial charge in [-0.05, 0) is 0 Å². The first-order chi connectivity index (χ1) is 15.4. The molecular formula is C25H37N3O4Se. The van der Waals surface area contributed by atoms with Crippen LogP contribution in [0.4, 0.5) is 9.59 Å². The Kier molecular flexibility index (Phi) is 9.99. The fourth-order valence-electron chi connectivity index (χ4n) is 3.18. The number of hydrogen-bond acceptors (Lipinski definition) is 5. The summed E-state index contributed by atoms with van der Waals surface area (Å²) in [5, 5.41) is 5.96. The van der Waals surface area contributed by atoms with E-state index in [-0.39, 0.29) is 39.1 Å². The summed E-state index contributed by atoms with van der Waals surface area (Å²) in [4.78, 5) is 31.8. The van der Waals surface area contributed by atoms with Crippen LogP contribution in [0.2, 0.25) is 0 Å². The molecular weight excluding hydrogens is 485 g/mol. The second-order valence-electron chi connectivity index (χ2n) is 9.87. The van der Waals surface area contributed by atoms with Gasteiger partial charge in [0.15, 0.2) is 0 Å². The van der Waals surface area contributed by atoms with E-state index in [9.17, 15) is 9.59 Å². The van der Waals surface area contributed by atoms with Crippen LogP contribution in [0.15, 0.2) is 35.3 Å². The summed E-state index contributed by atoms with van der Waals surface area (Å²) in [7, 11) is 0. The van der Waals surface area contributed by atoms with Crippen molar-refractivity contribution in [2.75, 3.05) is 0 Å². The number of hydrogen-bond donors (Lipinski definition) is 2. The van der Waals surface area contributed by atoms with E-state index < -0.39 is 17.8 Å². The van der Waals surface area contributed by atoms with Gasteiger partial charge in [0.2, 0.25) is 0 Å². The molecule has 1 heterocycles. The van der Waals surface area contributed by atoms with Crippen LogP contribution in [0.3, 0.4) is 0 Å². The van der Waals surface area contributed by atoms with Crippen molar-refractivity contribution in [2.24, 2.45) is 11.8 Å². The van der Waals surface area contributed by atoms with E-state index in [0.29, 0.717) is 5.92 Å². The number of aromatic nitrogens is 1. The van der Waals surface area contributed by atoms with E-state index in [0.717, 1.165) is 22.2 Å². The standard InChI is InChI=1S/C25H37N3O4Se/c1-16(2)13-19(27-24(30)32-25(5,6)7)20-15-33-22(26-20)21(17(3)4)28-23(29)31-14-18-11-9-8-10-12-18/h8-12,15-17,19,21H,13-14H2,1-7H3,(H,27,30)(H,28,29)/t19-,21-/m0/s1. The van der Waals surface area contributed by atoms with Crippen molar-refractivity contribution >= 4 is 26.7 Å². The van der Waals surface area contributed by atoms with Gasteiger partial charge in [-0.1, -0.05) is 0 Å². The Bertz CT molecular complexity index is 891. The molecule has 0 spiro atoms. The average molecular weight is 523 g/mol. The molecule has 182 valence electrons. The van der Waals surface area contributed by atoms with E-state index in [1.807, 2.05) is 65.0 Å². The molecule has 0 saturated heterocycles. The molecule has 2 atom stereocenters. The molecule has 2 amide bonds. The molecule has 0 radical (unpaired) electrons. The van der Waals surface area contributed by atoms with E-state index in [4.69, 9.17) is 14.5 Å². The molecule has 1 aromatic heterocycles. The summed E-state index contributed by atoms with van der Waals surface area (Å²) in [6.45, 7) is 14.0. The molecule has 33 heavy (non-hydrogen) atoms. The van der Waals surface area contributed by atoms with Crippen molar-refractivity contribution in [3.05, 3.63) is 51.1 Å². The van der Waals surface area contributed by atoms with Crippen LogP contribution in [0, 0.1) is 11.8 Å². The van der Waals surface area contributed by atoms with Gasteiger partial charge in [0.25, 0.3) is 0 Å². The van der Waals surface area contributed by atoms with Gasteiger partial charge in [-0.25, -0.2) is 0 Å². The van der Waals surface area contributed by atoms with E-state index >= 15 is 0 Å². The van der Waals surface area contributed by atoms with Gasteiger partial charge in [0.1, 0.15) is 0 Å². The van der Waals surface area contributed by atoms with Gasteiger partial charge < -0.3 is 0 Å². The fraction of sp³-hybridized carbons (Fsp3) is 0.560. The predicted octanol–water partition coefficient (Wildman–Crippen LogP) is 5.37. The number of nitrogens with one attached hydrogen (secondary N) is 2. The van der Waals surface area contributed by atoms with Gasteiger partial charge in [-0.15, -0.1) is 0 Å². The number of nitrogens with zero attached hydrogens (tertiary/aromatic N) is 1. The van der Waals surface area contributed by atoms with Crippen LogP contribution in [0.1, 0.15) is 82.8 Å². The van der Waals surface area contributed by atoms with Crippen LogP contribution in [-0.2, 0) is 16.1 Å². The topological polar surface area (TPSA) is 89.6 Å². The Morgan fingerprint density at radius 2 is 1.70 bits per heavy atom. The van der Waals surface area contributed by atoms with Crippen LogP contribution in [0.5, 0.6) is 0 Å². The zero-order valence-corrected chi connectivity index (χ0v) is 22.4. The number of carbonyl (C=O) groups is 2. The van der Waals surface area contributed by atoms with E-state index in [1.54, 1.807) is 0 Å². The zero-order chi connectivity index (χ0) is 24.6. The number of amides is 2. The van der Waals surface area contributed by atoms with Gasteiger partial charge in [-0.2, -0.15) is 0 Å². The van der Waals surface area contributed by atoms with Crippen LogP contribution >= 0.6 is 0 Å². The third-order valence-electron chi connectivity index (χ3n) is 4.71. The quantitative estimate of drug-likeness (QED) is 0.432. The molecule has 8 heteroatoms. The van der Waals surface area contributed by atoms with Gasteiger partial charge in [0.05, 0.1) is 0 Å². The molecule has 2 N–H and O–H groups in total. The monoisotopic (exact) mass is 523 g/mol.